The van der Waals surface area contributed by atoms with Crippen molar-refractivity contribution >= 4 is 65.4 Å². The van der Waals surface area contributed by atoms with Crippen LogP contribution < -0.4 is 54.3 Å². The van der Waals surface area contributed by atoms with E-state index >= 15 is 0 Å². The van der Waals surface area contributed by atoms with Gasteiger partial charge in [0, 0.05) is 130 Å². The average Bonchev–Trinajstić information content (AvgIpc) is 3.35. The maximum Gasteiger partial charge on any atom is 0.231 e. The molecule has 5 heterocycles. The second-order valence-electron chi connectivity index (χ2n) is 19.3. The van der Waals surface area contributed by atoms with Gasteiger partial charge in [0.2, 0.25) is 65.4 Å². The highest BCUT2D eigenvalue weighted by Gasteiger charge is 2.24. The van der Waals surface area contributed by atoms with Crippen LogP contribution in [0.2, 0.25) is 0 Å². The standard InChI is InChI=1S/C35H66N18.C12H22N6O/c1-15-18-21-49(10)31-38-27(37-28(40-31)46(4)5)36-26(24-52(13)34-41-29(47(6)7)39-30(42-34)48(8)9)25-53(14)35-44-32(50(11)22-19-16-2)43-33(45-35)51(12)23-20-17-3;1-10-13-11(17(4)9-16(2)3)15-12(14-10)18-5-7-19-8-6-18/h26H,15-25H2,1-14H3,(H,36,37,38,40);5-9H2,1-4H3. The molecule has 1 unspecified atom stereocenters. The minimum atomic E-state index is -0.238. The van der Waals surface area contributed by atoms with Crippen molar-refractivity contribution in [1.82, 2.24) is 64.7 Å². The zero-order valence-electron chi connectivity index (χ0n) is 47.1. The fraction of sp³-hybridized carbons (Fsp3) is 0.745. The van der Waals surface area contributed by atoms with Crippen LogP contribution in [-0.4, -0.2) is 235 Å². The predicted molar refractivity (Wildman–Crippen MR) is 295 cm³/mol. The third-order valence-electron chi connectivity index (χ3n) is 11.4. The van der Waals surface area contributed by atoms with Gasteiger partial charge in [0.15, 0.2) is 0 Å². The van der Waals surface area contributed by atoms with Crippen molar-refractivity contribution < 1.29 is 4.74 Å². The van der Waals surface area contributed by atoms with Gasteiger partial charge >= 0.3 is 0 Å². The average molecular weight is 1010 g/mol. The molecule has 25 heteroatoms. The monoisotopic (exact) mass is 1000 g/mol. The van der Waals surface area contributed by atoms with E-state index in [9.17, 15) is 0 Å². The molecule has 0 aromatic carbocycles. The number of aryl methyl sites for hydroxylation is 1. The van der Waals surface area contributed by atoms with Gasteiger partial charge in [0.25, 0.3) is 0 Å². The topological polar surface area (TPSA) is 212 Å². The molecule has 1 N–H and O–H groups in total. The Morgan fingerprint density at radius 1 is 0.444 bits per heavy atom. The summed E-state index contributed by atoms with van der Waals surface area (Å²) in [6, 6.07) is -0.238. The van der Waals surface area contributed by atoms with Gasteiger partial charge < -0.3 is 59.1 Å². The Hall–Kier alpha value is -6.24. The summed E-state index contributed by atoms with van der Waals surface area (Å²) < 4.78 is 5.35. The number of aromatic nitrogens is 12. The Morgan fingerprint density at radius 3 is 1.22 bits per heavy atom. The van der Waals surface area contributed by atoms with Crippen LogP contribution in [-0.2, 0) is 4.74 Å². The molecule has 1 fully saturated rings. The van der Waals surface area contributed by atoms with Gasteiger partial charge in [-0.3, -0.25) is 4.90 Å². The number of likely N-dealkylation sites (N-methyl/N-ethyl adjacent to an activating group) is 2. The molecular weight excluding hydrogens is 917 g/mol. The molecule has 25 nitrogen and oxygen atoms in total. The van der Waals surface area contributed by atoms with Crippen LogP contribution in [0.25, 0.3) is 0 Å². The molecule has 4 aromatic rings. The summed E-state index contributed by atoms with van der Waals surface area (Å²) in [6.07, 6.45) is 6.38. The summed E-state index contributed by atoms with van der Waals surface area (Å²) in [5, 5.41) is 3.65. The van der Waals surface area contributed by atoms with Crippen molar-refractivity contribution in [2.45, 2.75) is 72.3 Å². The van der Waals surface area contributed by atoms with Gasteiger partial charge in [0.1, 0.15) is 5.82 Å². The molecule has 1 atom stereocenters. The third kappa shape index (κ3) is 18.1. The van der Waals surface area contributed by atoms with Crippen molar-refractivity contribution in [3.63, 3.8) is 0 Å². The molecule has 1 aliphatic rings. The molecule has 0 radical (unpaired) electrons. The highest BCUT2D eigenvalue weighted by Crippen LogP contribution is 2.22. The molecule has 0 saturated carbocycles. The van der Waals surface area contributed by atoms with Crippen LogP contribution >= 0.6 is 0 Å². The second-order valence-corrected chi connectivity index (χ2v) is 19.3. The van der Waals surface area contributed by atoms with Gasteiger partial charge in [-0.05, 0) is 40.3 Å². The van der Waals surface area contributed by atoms with Crippen LogP contribution in [0.5, 0.6) is 0 Å². The SMILES string of the molecule is CCCCN(C)c1nc(NC(CN(C)c2nc(N(C)C)nc(N(C)C)n2)CN(C)c2nc(N(C)CCCC)nc(N(C)CCCC)n2)nc(N(C)C)n1.Cc1nc(N(C)CN(C)C)nc(N2CCOCC2)n1. The van der Waals surface area contributed by atoms with Gasteiger partial charge in [0.05, 0.1) is 25.9 Å². The van der Waals surface area contributed by atoms with E-state index < -0.39 is 0 Å². The number of hydrogen-bond acceptors (Lipinski definition) is 25. The first-order chi connectivity index (χ1) is 34.2. The number of ether oxygens (including phenoxy) is 1. The van der Waals surface area contributed by atoms with Crippen molar-refractivity contribution in [2.24, 2.45) is 0 Å². The quantitative estimate of drug-likeness (QED) is 0.0850. The molecule has 72 heavy (non-hydrogen) atoms. The Bertz CT molecular complexity index is 2150. The summed E-state index contributed by atoms with van der Waals surface area (Å²) in [6.45, 7) is 15.9. The maximum atomic E-state index is 5.35. The molecular formula is C47H88N24O. The van der Waals surface area contributed by atoms with Crippen LogP contribution in [0.15, 0.2) is 0 Å². The van der Waals surface area contributed by atoms with Gasteiger partial charge in [-0.15, -0.1) is 0 Å². The zero-order chi connectivity index (χ0) is 53.1. The highest BCUT2D eigenvalue weighted by molar-refractivity contribution is 5.49. The fourth-order valence-electron chi connectivity index (χ4n) is 7.22. The van der Waals surface area contributed by atoms with E-state index in [4.69, 9.17) is 44.6 Å². The lowest BCUT2D eigenvalue weighted by molar-refractivity contribution is 0.122. The molecule has 1 aliphatic heterocycles. The van der Waals surface area contributed by atoms with E-state index in [1.807, 2.05) is 130 Å². The summed E-state index contributed by atoms with van der Waals surface area (Å²) in [5.41, 5.74) is 0. The van der Waals surface area contributed by atoms with E-state index in [1.54, 1.807) is 0 Å². The number of unbranched alkanes of at least 4 members (excludes halogenated alkanes) is 3. The van der Waals surface area contributed by atoms with E-state index in [0.717, 1.165) is 103 Å². The largest absolute Gasteiger partial charge is 0.378 e. The minimum absolute atomic E-state index is 0.238. The lowest BCUT2D eigenvalue weighted by atomic mass is 10.2. The van der Waals surface area contributed by atoms with Gasteiger partial charge in [-0.2, -0.15) is 59.8 Å². The summed E-state index contributed by atoms with van der Waals surface area (Å²) >= 11 is 0. The Morgan fingerprint density at radius 2 is 0.806 bits per heavy atom. The van der Waals surface area contributed by atoms with E-state index in [1.165, 1.54) is 0 Å². The van der Waals surface area contributed by atoms with Crippen LogP contribution in [0, 0.1) is 6.92 Å². The number of hydrogen-bond donors (Lipinski definition) is 1. The maximum absolute atomic E-state index is 5.35. The molecule has 402 valence electrons. The fourth-order valence-corrected chi connectivity index (χ4v) is 7.22. The van der Waals surface area contributed by atoms with Crippen molar-refractivity contribution in [1.29, 1.82) is 0 Å². The summed E-state index contributed by atoms with van der Waals surface area (Å²) in [5.74, 6) is 7.45. The first-order valence-corrected chi connectivity index (χ1v) is 25.3. The number of rotatable bonds is 27. The molecule has 0 spiro atoms. The lowest BCUT2D eigenvalue weighted by Crippen LogP contribution is -2.44. The molecule has 5 rings (SSSR count). The van der Waals surface area contributed by atoms with E-state index in [0.29, 0.717) is 72.6 Å². The molecule has 1 saturated heterocycles. The highest BCUT2D eigenvalue weighted by atomic mass is 16.5. The zero-order valence-corrected chi connectivity index (χ0v) is 47.1. The van der Waals surface area contributed by atoms with E-state index in [2.05, 4.69) is 75.4 Å². The number of anilines is 11. The normalized spacial score (nSPS) is 12.7. The first-order valence-electron chi connectivity index (χ1n) is 25.3. The van der Waals surface area contributed by atoms with E-state index in [-0.39, 0.29) is 6.04 Å². The molecule has 0 bridgehead atoms. The lowest BCUT2D eigenvalue weighted by Gasteiger charge is -2.30. The predicted octanol–water partition coefficient (Wildman–Crippen LogP) is 3.17. The number of morpholine rings is 1. The molecule has 0 amide bonds. The molecule has 4 aromatic heterocycles. The Balaban J connectivity index is 0.000000491. The third-order valence-corrected chi connectivity index (χ3v) is 11.4. The van der Waals surface area contributed by atoms with Gasteiger partial charge in [-0.25, -0.2) is 0 Å². The first kappa shape index (κ1) is 58.3. The number of nitrogens with one attached hydrogen (secondary N) is 1. The Labute approximate surface area is 430 Å². The second kappa shape index (κ2) is 28.7. The van der Waals surface area contributed by atoms with Crippen LogP contribution in [0.3, 0.4) is 0 Å². The van der Waals surface area contributed by atoms with Crippen molar-refractivity contribution in [3.8, 4) is 0 Å². The van der Waals surface area contributed by atoms with Crippen LogP contribution in [0.4, 0.5) is 65.4 Å². The van der Waals surface area contributed by atoms with Crippen molar-refractivity contribution in [2.75, 3.05) is 219 Å². The summed E-state index contributed by atoms with van der Waals surface area (Å²) in [4.78, 5) is 79.2. The van der Waals surface area contributed by atoms with Crippen LogP contribution in [0.1, 0.15) is 65.1 Å². The Kier molecular flexibility index (Phi) is 23.3. The van der Waals surface area contributed by atoms with Gasteiger partial charge in [-0.1, -0.05) is 40.0 Å². The smallest absolute Gasteiger partial charge is 0.231 e. The minimum Gasteiger partial charge on any atom is -0.378 e. The number of nitrogens with zero attached hydrogens (tertiary/aromatic N) is 23. The molecule has 0 aliphatic carbocycles. The van der Waals surface area contributed by atoms with Crippen molar-refractivity contribution in [3.05, 3.63) is 5.82 Å². The summed E-state index contributed by atoms with van der Waals surface area (Å²) in [7, 11) is 27.7.